The van der Waals surface area contributed by atoms with Crippen LogP contribution < -0.4 is 4.90 Å². The summed E-state index contributed by atoms with van der Waals surface area (Å²) >= 11 is 0. The molecule has 1 fully saturated rings. The maximum atomic E-state index is 12.6. The summed E-state index contributed by atoms with van der Waals surface area (Å²) in [6.45, 7) is 4.08. The van der Waals surface area contributed by atoms with Crippen molar-refractivity contribution in [1.82, 2.24) is 0 Å². The van der Waals surface area contributed by atoms with Crippen molar-refractivity contribution in [3.05, 3.63) is 65.2 Å². The van der Waals surface area contributed by atoms with Crippen LogP contribution in [0.15, 0.2) is 48.5 Å². The fourth-order valence-corrected chi connectivity index (χ4v) is 3.61. The molecule has 0 aliphatic carbocycles. The van der Waals surface area contributed by atoms with Crippen LogP contribution in [0.2, 0.25) is 0 Å². The number of carbonyl (C=O) groups excluding carboxylic acids is 2. The van der Waals surface area contributed by atoms with E-state index in [4.69, 9.17) is 9.47 Å². The second-order valence-electron chi connectivity index (χ2n) is 6.74. The molecule has 2 aromatic rings. The molecule has 4 rings (SSSR count). The third kappa shape index (κ3) is 2.36. The summed E-state index contributed by atoms with van der Waals surface area (Å²) in [5, 5.41) is 9.48. The van der Waals surface area contributed by atoms with Gasteiger partial charge in [0.15, 0.2) is 0 Å². The quantitative estimate of drug-likeness (QED) is 0.617. The Morgan fingerprint density at radius 2 is 1.96 bits per heavy atom. The van der Waals surface area contributed by atoms with Crippen molar-refractivity contribution in [2.24, 2.45) is 0 Å². The summed E-state index contributed by atoms with van der Waals surface area (Å²) < 4.78 is 10.6. The Morgan fingerprint density at radius 3 is 2.59 bits per heavy atom. The van der Waals surface area contributed by atoms with Crippen LogP contribution in [0.4, 0.5) is 5.69 Å². The normalized spacial score (nSPS) is 25.7. The standard InChI is InChI=1S/C21H18N2O4/c1-3-26-19(25)21(13-22)20(2,27-21)15-8-10-16(11-9-15)23-12-14-6-4-5-7-17(14)18(23)24/h4-11H,3,12H2,1-2H3/t20-,21-/m0/s1. The van der Waals surface area contributed by atoms with E-state index in [2.05, 4.69) is 0 Å². The number of nitriles is 1. The minimum atomic E-state index is -1.62. The number of amides is 1. The number of benzene rings is 2. The number of ether oxygens (including phenoxy) is 2. The molecular formula is C21H18N2O4. The minimum Gasteiger partial charge on any atom is -0.463 e. The van der Waals surface area contributed by atoms with E-state index in [1.165, 1.54) is 0 Å². The maximum absolute atomic E-state index is 12.6. The van der Waals surface area contributed by atoms with Gasteiger partial charge in [0.05, 0.1) is 13.2 Å². The van der Waals surface area contributed by atoms with Crippen molar-refractivity contribution in [2.75, 3.05) is 11.5 Å². The molecule has 1 saturated heterocycles. The van der Waals surface area contributed by atoms with E-state index < -0.39 is 17.2 Å². The Hall–Kier alpha value is -3.17. The zero-order valence-electron chi connectivity index (χ0n) is 15.1. The van der Waals surface area contributed by atoms with Crippen molar-refractivity contribution in [1.29, 1.82) is 5.26 Å². The summed E-state index contributed by atoms with van der Waals surface area (Å²) in [6, 6.07) is 16.7. The van der Waals surface area contributed by atoms with Gasteiger partial charge in [0.2, 0.25) is 0 Å². The molecule has 2 atom stereocenters. The average Bonchev–Trinajstić information content (AvgIpc) is 3.20. The van der Waals surface area contributed by atoms with Crippen LogP contribution in [0, 0.1) is 11.3 Å². The molecule has 27 heavy (non-hydrogen) atoms. The number of epoxide rings is 1. The fraction of sp³-hybridized carbons (Fsp3) is 0.286. The first-order valence-corrected chi connectivity index (χ1v) is 8.76. The first-order chi connectivity index (χ1) is 13.0. The number of anilines is 1. The lowest BCUT2D eigenvalue weighted by atomic mass is 9.88. The molecule has 2 heterocycles. The van der Waals surface area contributed by atoms with Crippen LogP contribution in [-0.2, 0) is 26.4 Å². The molecule has 6 nitrogen and oxygen atoms in total. The van der Waals surface area contributed by atoms with Crippen LogP contribution in [0.25, 0.3) is 0 Å². The molecule has 6 heteroatoms. The van der Waals surface area contributed by atoms with E-state index in [0.717, 1.165) is 11.3 Å². The Morgan fingerprint density at radius 1 is 1.26 bits per heavy atom. The van der Waals surface area contributed by atoms with E-state index in [-0.39, 0.29) is 12.5 Å². The molecule has 0 bridgehead atoms. The summed E-state index contributed by atoms with van der Waals surface area (Å²) in [5.74, 6) is -0.714. The number of hydrogen-bond acceptors (Lipinski definition) is 5. The first kappa shape index (κ1) is 17.3. The van der Waals surface area contributed by atoms with Gasteiger partial charge in [0, 0.05) is 11.3 Å². The van der Waals surface area contributed by atoms with Crippen LogP contribution in [-0.4, -0.2) is 24.1 Å². The van der Waals surface area contributed by atoms with Crippen molar-refractivity contribution in [2.45, 2.75) is 31.6 Å². The smallest absolute Gasteiger partial charge is 0.357 e. The molecule has 0 unspecified atom stereocenters. The molecule has 0 spiro atoms. The van der Waals surface area contributed by atoms with Crippen molar-refractivity contribution in [3.8, 4) is 6.07 Å². The van der Waals surface area contributed by atoms with E-state index >= 15 is 0 Å². The number of esters is 1. The van der Waals surface area contributed by atoms with Gasteiger partial charge in [-0.2, -0.15) is 5.26 Å². The summed E-state index contributed by atoms with van der Waals surface area (Å²) in [4.78, 5) is 26.5. The van der Waals surface area contributed by atoms with E-state index in [0.29, 0.717) is 17.7 Å². The van der Waals surface area contributed by atoms with Crippen LogP contribution in [0.1, 0.15) is 35.3 Å². The van der Waals surface area contributed by atoms with Crippen molar-refractivity contribution in [3.63, 3.8) is 0 Å². The highest BCUT2D eigenvalue weighted by atomic mass is 16.7. The number of nitrogens with zero attached hydrogens (tertiary/aromatic N) is 2. The summed E-state index contributed by atoms with van der Waals surface area (Å²) in [7, 11) is 0. The zero-order valence-corrected chi connectivity index (χ0v) is 15.1. The minimum absolute atomic E-state index is 0.0369. The first-order valence-electron chi connectivity index (χ1n) is 8.76. The number of hydrogen-bond donors (Lipinski definition) is 0. The third-order valence-corrected chi connectivity index (χ3v) is 5.26. The van der Waals surface area contributed by atoms with Crippen LogP contribution in [0.5, 0.6) is 0 Å². The molecular weight excluding hydrogens is 344 g/mol. The van der Waals surface area contributed by atoms with Crippen LogP contribution >= 0.6 is 0 Å². The molecule has 2 aliphatic heterocycles. The van der Waals surface area contributed by atoms with Crippen molar-refractivity contribution >= 4 is 17.6 Å². The molecule has 136 valence electrons. The monoisotopic (exact) mass is 362 g/mol. The lowest BCUT2D eigenvalue weighted by molar-refractivity contribution is -0.147. The van der Waals surface area contributed by atoms with Gasteiger partial charge < -0.3 is 14.4 Å². The topological polar surface area (TPSA) is 82.9 Å². The van der Waals surface area contributed by atoms with Crippen LogP contribution in [0.3, 0.4) is 0 Å². The Labute approximate surface area is 156 Å². The summed E-state index contributed by atoms with van der Waals surface area (Å²) in [5.41, 5.74) is 0.460. The highest BCUT2D eigenvalue weighted by molar-refractivity contribution is 6.10. The SMILES string of the molecule is CCOC(=O)[C@]1(C#N)O[C@@]1(C)c1ccc(N2Cc3ccccc3C2=O)cc1. The Kier molecular flexibility index (Phi) is 3.79. The number of fused-ring (bicyclic) bond motifs is 1. The lowest BCUT2D eigenvalue weighted by Gasteiger charge is -2.17. The number of rotatable bonds is 4. The van der Waals surface area contributed by atoms with Gasteiger partial charge in [-0.25, -0.2) is 4.79 Å². The molecule has 0 aromatic heterocycles. The third-order valence-electron chi connectivity index (χ3n) is 5.26. The summed E-state index contributed by atoms with van der Waals surface area (Å²) in [6.07, 6.45) is 0. The second kappa shape index (κ2) is 5.93. The average molecular weight is 362 g/mol. The highest BCUT2D eigenvalue weighted by Gasteiger charge is 2.75. The highest BCUT2D eigenvalue weighted by Crippen LogP contribution is 2.56. The second-order valence-corrected chi connectivity index (χ2v) is 6.74. The Balaban J connectivity index is 1.59. The van der Waals surface area contributed by atoms with Gasteiger partial charge in [-0.05, 0) is 43.2 Å². The fourth-order valence-electron chi connectivity index (χ4n) is 3.61. The molecule has 0 N–H and O–H groups in total. The molecule has 1 amide bonds. The largest absolute Gasteiger partial charge is 0.463 e. The zero-order chi connectivity index (χ0) is 19.2. The van der Waals surface area contributed by atoms with Gasteiger partial charge >= 0.3 is 5.97 Å². The predicted octanol–water partition coefficient (Wildman–Crippen LogP) is 2.92. The maximum Gasteiger partial charge on any atom is 0.357 e. The van der Waals surface area contributed by atoms with E-state index in [9.17, 15) is 14.9 Å². The van der Waals surface area contributed by atoms with Crippen molar-refractivity contribution < 1.29 is 19.1 Å². The van der Waals surface area contributed by atoms with Gasteiger partial charge in [0.25, 0.3) is 11.5 Å². The van der Waals surface area contributed by atoms with E-state index in [1.54, 1.807) is 43.0 Å². The van der Waals surface area contributed by atoms with Gasteiger partial charge in [-0.1, -0.05) is 30.3 Å². The molecule has 2 aromatic carbocycles. The Bertz CT molecular complexity index is 978. The molecule has 0 radical (unpaired) electrons. The van der Waals surface area contributed by atoms with Gasteiger partial charge in [0.1, 0.15) is 11.7 Å². The lowest BCUT2D eigenvalue weighted by Crippen LogP contribution is -2.32. The predicted molar refractivity (Wildman–Crippen MR) is 96.8 cm³/mol. The van der Waals surface area contributed by atoms with E-state index in [1.807, 2.05) is 30.3 Å². The molecule has 0 saturated carbocycles. The van der Waals surface area contributed by atoms with Gasteiger partial charge in [-0.15, -0.1) is 0 Å². The number of carbonyl (C=O) groups is 2. The molecule has 2 aliphatic rings. The van der Waals surface area contributed by atoms with Gasteiger partial charge in [-0.3, -0.25) is 4.79 Å².